The highest BCUT2D eigenvalue weighted by Gasteiger charge is 2.36. The molecule has 0 spiro atoms. The second-order valence-electron chi connectivity index (χ2n) is 8.26. The maximum Gasteiger partial charge on any atom is 0.246 e. The molecule has 1 aromatic rings. The van der Waals surface area contributed by atoms with Crippen molar-refractivity contribution in [2.24, 2.45) is 0 Å². The predicted octanol–water partition coefficient (Wildman–Crippen LogP) is 2.40. The summed E-state index contributed by atoms with van der Waals surface area (Å²) in [6.45, 7) is 3.01. The van der Waals surface area contributed by atoms with E-state index in [0.29, 0.717) is 44.6 Å². The Kier molecular flexibility index (Phi) is 8.18. The van der Waals surface area contributed by atoms with Gasteiger partial charge in [-0.25, -0.2) is 16.8 Å². The van der Waals surface area contributed by atoms with Gasteiger partial charge in [0.25, 0.3) is 0 Å². The predicted molar refractivity (Wildman–Crippen MR) is 123 cm³/mol. The van der Waals surface area contributed by atoms with E-state index in [2.05, 4.69) is 5.32 Å². The second-order valence-corrected chi connectivity index (χ2v) is 12.2. The fraction of sp³-hybridized carbons (Fsp3) is 0.667. The summed E-state index contributed by atoms with van der Waals surface area (Å²) < 4.78 is 59.7. The number of nitrogens with one attached hydrogen (secondary N) is 1. The Morgan fingerprint density at radius 2 is 1.75 bits per heavy atom. The first-order valence-corrected chi connectivity index (χ1v) is 14.2. The van der Waals surface area contributed by atoms with E-state index in [0.717, 1.165) is 25.7 Å². The second kappa shape index (κ2) is 10.5. The van der Waals surface area contributed by atoms with Gasteiger partial charge in [-0.1, -0.05) is 19.8 Å². The topological polar surface area (TPSA) is 113 Å². The van der Waals surface area contributed by atoms with E-state index in [1.807, 2.05) is 0 Å². The molecule has 9 nitrogen and oxygen atoms in total. The standard InChI is InChI=1S/C21H33N3O6S2/c1-3-15-31(26,27)24-14-8-5-9-18(24)21(25)22-17-10-11-19(30-2)20(16-17)32(28,29)23-12-6-4-7-13-23/h10-11,16,18H,3-9,12-15H2,1-2H3,(H,22,25). The highest BCUT2D eigenvalue weighted by Crippen LogP contribution is 2.31. The number of ether oxygens (including phenoxy) is 1. The molecule has 2 aliphatic rings. The maximum absolute atomic E-state index is 13.2. The third-order valence-electron chi connectivity index (χ3n) is 5.94. The monoisotopic (exact) mass is 487 g/mol. The third kappa shape index (κ3) is 5.44. The fourth-order valence-electron chi connectivity index (χ4n) is 4.30. The van der Waals surface area contributed by atoms with Crippen LogP contribution in [0.4, 0.5) is 5.69 Å². The smallest absolute Gasteiger partial charge is 0.246 e. The summed E-state index contributed by atoms with van der Waals surface area (Å²) in [5, 5.41) is 2.74. The molecule has 2 aliphatic heterocycles. The van der Waals surface area contributed by atoms with Crippen LogP contribution in [0, 0.1) is 0 Å². The van der Waals surface area contributed by atoms with E-state index in [9.17, 15) is 21.6 Å². The Morgan fingerprint density at radius 3 is 2.41 bits per heavy atom. The number of hydrogen-bond acceptors (Lipinski definition) is 6. The number of benzene rings is 1. The quantitative estimate of drug-likeness (QED) is 0.602. The molecule has 1 atom stereocenters. The first kappa shape index (κ1) is 24.9. The van der Waals surface area contributed by atoms with Crippen molar-refractivity contribution in [3.05, 3.63) is 18.2 Å². The maximum atomic E-state index is 13.2. The number of carbonyl (C=O) groups is 1. The van der Waals surface area contributed by atoms with E-state index >= 15 is 0 Å². The highest BCUT2D eigenvalue weighted by atomic mass is 32.2. The Bertz CT molecular complexity index is 1020. The first-order chi connectivity index (χ1) is 15.2. The minimum absolute atomic E-state index is 0.00111. The fourth-order valence-corrected chi connectivity index (χ4v) is 7.75. The molecule has 32 heavy (non-hydrogen) atoms. The van der Waals surface area contributed by atoms with E-state index in [1.165, 1.54) is 27.9 Å². The normalized spacial score (nSPS) is 21.2. The van der Waals surface area contributed by atoms with Crippen LogP contribution in [0.2, 0.25) is 0 Å². The van der Waals surface area contributed by atoms with Crippen LogP contribution in [0.3, 0.4) is 0 Å². The van der Waals surface area contributed by atoms with Crippen molar-refractivity contribution in [2.75, 3.05) is 37.8 Å². The van der Waals surface area contributed by atoms with Crippen molar-refractivity contribution in [3.8, 4) is 5.75 Å². The summed E-state index contributed by atoms with van der Waals surface area (Å²) in [5.74, 6) is -0.244. The number of rotatable bonds is 8. The minimum atomic E-state index is -3.78. The molecule has 0 aliphatic carbocycles. The van der Waals surface area contributed by atoms with E-state index in [-0.39, 0.29) is 16.4 Å². The molecule has 0 aromatic heterocycles. The zero-order chi connectivity index (χ0) is 23.4. The number of piperidine rings is 2. The number of carbonyl (C=O) groups excluding carboxylic acids is 1. The Balaban J connectivity index is 1.85. The molecule has 1 N–H and O–H groups in total. The van der Waals surface area contributed by atoms with Crippen molar-refractivity contribution < 1.29 is 26.4 Å². The zero-order valence-corrected chi connectivity index (χ0v) is 20.4. The SMILES string of the molecule is CCCS(=O)(=O)N1CCCCC1C(=O)Nc1ccc(OC)c(S(=O)(=O)N2CCCCC2)c1. The van der Waals surface area contributed by atoms with Crippen LogP contribution in [0.25, 0.3) is 0 Å². The number of hydrogen-bond donors (Lipinski definition) is 1. The molecule has 1 aromatic carbocycles. The molecule has 3 rings (SSSR count). The largest absolute Gasteiger partial charge is 0.495 e. The van der Waals surface area contributed by atoms with Crippen molar-refractivity contribution in [2.45, 2.75) is 62.8 Å². The highest BCUT2D eigenvalue weighted by molar-refractivity contribution is 7.89. The molecule has 11 heteroatoms. The minimum Gasteiger partial charge on any atom is -0.495 e. The molecule has 0 radical (unpaired) electrons. The van der Waals surface area contributed by atoms with Crippen molar-refractivity contribution >= 4 is 31.6 Å². The van der Waals surface area contributed by atoms with Crippen molar-refractivity contribution in [3.63, 3.8) is 0 Å². The summed E-state index contributed by atoms with van der Waals surface area (Å²) in [5.41, 5.74) is 0.296. The molecule has 0 saturated carbocycles. The summed E-state index contributed by atoms with van der Waals surface area (Å²) in [6.07, 6.45) is 5.00. The number of sulfonamides is 2. The zero-order valence-electron chi connectivity index (χ0n) is 18.7. The van der Waals surface area contributed by atoms with Gasteiger partial charge in [0.15, 0.2) is 0 Å². The summed E-state index contributed by atoms with van der Waals surface area (Å²) in [4.78, 5) is 13.0. The van der Waals surface area contributed by atoms with Gasteiger partial charge in [0.1, 0.15) is 16.7 Å². The summed E-state index contributed by atoms with van der Waals surface area (Å²) in [6, 6.07) is 3.68. The molecule has 1 amide bonds. The number of methoxy groups -OCH3 is 1. The number of amides is 1. The van der Waals surface area contributed by atoms with Crippen LogP contribution < -0.4 is 10.1 Å². The lowest BCUT2D eigenvalue weighted by molar-refractivity contribution is -0.120. The lowest BCUT2D eigenvalue weighted by Crippen LogP contribution is -2.50. The number of anilines is 1. The molecule has 2 saturated heterocycles. The first-order valence-electron chi connectivity index (χ1n) is 11.2. The van der Waals surface area contributed by atoms with Gasteiger partial charge in [0.05, 0.1) is 12.9 Å². The average Bonchev–Trinajstić information content (AvgIpc) is 2.79. The molecule has 0 bridgehead atoms. The van der Waals surface area contributed by atoms with Crippen LogP contribution in [-0.4, -0.2) is 69.9 Å². The average molecular weight is 488 g/mol. The van der Waals surface area contributed by atoms with Gasteiger partial charge in [-0.15, -0.1) is 0 Å². The van der Waals surface area contributed by atoms with Gasteiger partial charge in [0, 0.05) is 25.3 Å². The molecular weight excluding hydrogens is 454 g/mol. The Morgan fingerprint density at radius 1 is 1.06 bits per heavy atom. The van der Waals surface area contributed by atoms with Crippen LogP contribution >= 0.6 is 0 Å². The third-order valence-corrected chi connectivity index (χ3v) is 9.94. The Labute approximate surface area is 191 Å². The van der Waals surface area contributed by atoms with Crippen LogP contribution in [0.1, 0.15) is 51.9 Å². The molecule has 2 heterocycles. The van der Waals surface area contributed by atoms with Gasteiger partial charge in [-0.05, 0) is 50.3 Å². The van der Waals surface area contributed by atoms with Gasteiger partial charge < -0.3 is 10.1 Å². The molecular formula is C21H33N3O6S2. The van der Waals surface area contributed by atoms with Gasteiger partial charge in [-0.3, -0.25) is 4.79 Å². The van der Waals surface area contributed by atoms with E-state index in [1.54, 1.807) is 13.0 Å². The summed E-state index contributed by atoms with van der Waals surface area (Å²) >= 11 is 0. The lowest BCUT2D eigenvalue weighted by Gasteiger charge is -2.33. The van der Waals surface area contributed by atoms with Gasteiger partial charge in [0.2, 0.25) is 26.0 Å². The Hall–Kier alpha value is -1.69. The lowest BCUT2D eigenvalue weighted by atomic mass is 10.0. The van der Waals surface area contributed by atoms with Gasteiger partial charge in [-0.2, -0.15) is 8.61 Å². The van der Waals surface area contributed by atoms with E-state index in [4.69, 9.17) is 4.74 Å². The van der Waals surface area contributed by atoms with E-state index < -0.39 is 32.0 Å². The molecule has 180 valence electrons. The molecule has 2 fully saturated rings. The van der Waals surface area contributed by atoms with Crippen LogP contribution in [-0.2, 0) is 24.8 Å². The van der Waals surface area contributed by atoms with Crippen LogP contribution in [0.15, 0.2) is 23.1 Å². The van der Waals surface area contributed by atoms with Crippen molar-refractivity contribution in [1.29, 1.82) is 0 Å². The van der Waals surface area contributed by atoms with Gasteiger partial charge >= 0.3 is 0 Å². The summed E-state index contributed by atoms with van der Waals surface area (Å²) in [7, 11) is -5.90. The molecule has 1 unspecified atom stereocenters. The van der Waals surface area contributed by atoms with Crippen LogP contribution in [0.5, 0.6) is 5.75 Å². The van der Waals surface area contributed by atoms with Crippen molar-refractivity contribution in [1.82, 2.24) is 8.61 Å². The number of nitrogens with zero attached hydrogens (tertiary/aromatic N) is 2.